The van der Waals surface area contributed by atoms with Crippen LogP contribution in [0, 0.1) is 5.92 Å². The normalized spacial score (nSPS) is 12.9. The van der Waals surface area contributed by atoms with Gasteiger partial charge in [0.2, 0.25) is 5.95 Å². The van der Waals surface area contributed by atoms with Crippen LogP contribution < -0.4 is 5.32 Å². The molecule has 4 nitrogen and oxygen atoms in total. The molecule has 0 saturated heterocycles. The van der Waals surface area contributed by atoms with Gasteiger partial charge in [-0.2, -0.15) is 0 Å². The van der Waals surface area contributed by atoms with E-state index in [9.17, 15) is 0 Å². The number of rotatable bonds is 9. The highest BCUT2D eigenvalue weighted by Gasteiger charge is 2.08. The van der Waals surface area contributed by atoms with Crippen molar-refractivity contribution >= 4 is 5.95 Å². The van der Waals surface area contributed by atoms with Gasteiger partial charge in [0.25, 0.3) is 0 Å². The first kappa shape index (κ1) is 15.0. The molecule has 0 fully saturated rings. The van der Waals surface area contributed by atoms with Crippen molar-refractivity contribution in [2.75, 3.05) is 25.6 Å². The van der Waals surface area contributed by atoms with E-state index in [-0.39, 0.29) is 0 Å². The van der Waals surface area contributed by atoms with Gasteiger partial charge in [-0.3, -0.25) is 0 Å². The van der Waals surface area contributed by atoms with Gasteiger partial charge in [-0.15, -0.1) is 0 Å². The molecule has 0 aliphatic rings. The molecule has 0 saturated carbocycles. The first-order valence-electron chi connectivity index (χ1n) is 6.90. The summed E-state index contributed by atoms with van der Waals surface area (Å²) in [5, 5.41) is 3.40. The Morgan fingerprint density at radius 3 is 2.78 bits per heavy atom. The minimum absolute atomic E-state index is 0.315. The van der Waals surface area contributed by atoms with E-state index in [0.717, 1.165) is 18.4 Å². The first-order chi connectivity index (χ1) is 8.65. The van der Waals surface area contributed by atoms with Gasteiger partial charge in [-0.1, -0.05) is 26.7 Å². The Balaban J connectivity index is 2.31. The Hall–Kier alpha value is -1.03. The minimum atomic E-state index is 0.315. The van der Waals surface area contributed by atoms with Crippen molar-refractivity contribution < 1.29 is 4.74 Å². The van der Waals surface area contributed by atoms with Crippen LogP contribution in [0.3, 0.4) is 0 Å². The average molecular weight is 253 g/mol. The van der Waals surface area contributed by atoms with Crippen LogP contribution >= 0.6 is 0 Å². The lowest BCUT2D eigenvalue weighted by molar-refractivity contribution is 0.163. The van der Waals surface area contributed by atoms with Crippen molar-refractivity contribution in [1.29, 1.82) is 0 Å². The van der Waals surface area contributed by atoms with Crippen LogP contribution in [0.25, 0.3) is 0 Å². The zero-order valence-corrected chi connectivity index (χ0v) is 12.1. The SMILES string of the molecule is COCC(C)n1ccnc1NCCCCC(C)C. The number of methoxy groups -OCH3 is 1. The number of ether oxygens (including phenoxy) is 1. The molecule has 1 heterocycles. The molecular weight excluding hydrogens is 226 g/mol. The fraction of sp³-hybridized carbons (Fsp3) is 0.786. The molecule has 1 N–H and O–H groups in total. The molecule has 0 aliphatic carbocycles. The fourth-order valence-electron chi connectivity index (χ4n) is 2.00. The molecule has 0 aromatic carbocycles. The van der Waals surface area contributed by atoms with E-state index < -0.39 is 0 Å². The molecule has 0 aliphatic heterocycles. The van der Waals surface area contributed by atoms with E-state index >= 15 is 0 Å². The third-order valence-electron chi connectivity index (χ3n) is 3.04. The van der Waals surface area contributed by atoms with Crippen LogP contribution in [0.15, 0.2) is 12.4 Å². The van der Waals surface area contributed by atoms with Crippen molar-refractivity contribution in [1.82, 2.24) is 9.55 Å². The summed E-state index contributed by atoms with van der Waals surface area (Å²) < 4.78 is 7.31. The molecule has 1 rings (SSSR count). The maximum Gasteiger partial charge on any atom is 0.203 e. The van der Waals surface area contributed by atoms with Gasteiger partial charge in [0.1, 0.15) is 0 Å². The van der Waals surface area contributed by atoms with E-state index in [4.69, 9.17) is 4.74 Å². The second kappa shape index (κ2) is 8.14. The Morgan fingerprint density at radius 1 is 1.33 bits per heavy atom. The maximum atomic E-state index is 5.18. The number of anilines is 1. The van der Waals surface area contributed by atoms with Gasteiger partial charge in [0, 0.05) is 26.0 Å². The van der Waals surface area contributed by atoms with E-state index in [0.29, 0.717) is 12.6 Å². The third-order valence-corrected chi connectivity index (χ3v) is 3.04. The molecule has 0 radical (unpaired) electrons. The second-order valence-corrected chi connectivity index (χ2v) is 5.28. The van der Waals surface area contributed by atoms with Crippen LogP contribution in [0.2, 0.25) is 0 Å². The molecule has 0 bridgehead atoms. The van der Waals surface area contributed by atoms with Crippen LogP contribution in [0.1, 0.15) is 46.1 Å². The summed E-state index contributed by atoms with van der Waals surface area (Å²) in [6.07, 6.45) is 7.61. The van der Waals surface area contributed by atoms with Crippen LogP contribution in [0.5, 0.6) is 0 Å². The lowest BCUT2D eigenvalue weighted by Crippen LogP contribution is -2.15. The van der Waals surface area contributed by atoms with Gasteiger partial charge in [0.15, 0.2) is 0 Å². The summed E-state index contributed by atoms with van der Waals surface area (Å²) in [7, 11) is 1.73. The standard InChI is InChI=1S/C14H27N3O/c1-12(2)7-5-6-8-15-14-16-9-10-17(14)13(3)11-18-4/h9-10,12-13H,5-8,11H2,1-4H3,(H,15,16). The molecule has 0 spiro atoms. The third kappa shape index (κ3) is 5.08. The Bertz CT molecular complexity index is 323. The molecule has 1 unspecified atom stereocenters. The zero-order valence-electron chi connectivity index (χ0n) is 12.1. The summed E-state index contributed by atoms with van der Waals surface area (Å²) in [4.78, 5) is 4.35. The number of hydrogen-bond donors (Lipinski definition) is 1. The minimum Gasteiger partial charge on any atom is -0.383 e. The summed E-state index contributed by atoms with van der Waals surface area (Å²) >= 11 is 0. The van der Waals surface area contributed by atoms with Crippen LogP contribution in [-0.2, 0) is 4.74 Å². The van der Waals surface area contributed by atoms with E-state index in [1.807, 2.05) is 12.4 Å². The zero-order chi connectivity index (χ0) is 13.4. The van der Waals surface area contributed by atoms with E-state index in [2.05, 4.69) is 35.6 Å². The number of nitrogens with zero attached hydrogens (tertiary/aromatic N) is 2. The Kier molecular flexibility index (Phi) is 6.80. The van der Waals surface area contributed by atoms with Crippen molar-refractivity contribution in [3.05, 3.63) is 12.4 Å². The van der Waals surface area contributed by atoms with Crippen LogP contribution in [0.4, 0.5) is 5.95 Å². The molecule has 1 aromatic heterocycles. The molecule has 1 atom stereocenters. The number of imidazole rings is 1. The molecule has 18 heavy (non-hydrogen) atoms. The van der Waals surface area contributed by atoms with Crippen molar-refractivity contribution in [2.45, 2.75) is 46.1 Å². The molecule has 0 amide bonds. The summed E-state index contributed by atoms with van der Waals surface area (Å²) in [6, 6.07) is 0.315. The van der Waals surface area contributed by atoms with Gasteiger partial charge >= 0.3 is 0 Å². The van der Waals surface area contributed by atoms with Gasteiger partial charge in [0.05, 0.1) is 12.6 Å². The Labute approximate surface area is 111 Å². The maximum absolute atomic E-state index is 5.18. The quantitative estimate of drug-likeness (QED) is 0.686. The average Bonchev–Trinajstić information content (AvgIpc) is 2.77. The highest BCUT2D eigenvalue weighted by molar-refractivity contribution is 5.26. The largest absolute Gasteiger partial charge is 0.383 e. The fourth-order valence-corrected chi connectivity index (χ4v) is 2.00. The lowest BCUT2D eigenvalue weighted by atomic mass is 10.1. The number of aromatic nitrogens is 2. The highest BCUT2D eigenvalue weighted by Crippen LogP contribution is 2.14. The number of unbranched alkanes of at least 4 members (excludes halogenated alkanes) is 1. The molecule has 4 heteroatoms. The number of nitrogens with one attached hydrogen (secondary N) is 1. The summed E-state index contributed by atoms with van der Waals surface area (Å²) in [5.41, 5.74) is 0. The highest BCUT2D eigenvalue weighted by atomic mass is 16.5. The molecule has 104 valence electrons. The number of hydrogen-bond acceptors (Lipinski definition) is 3. The smallest absolute Gasteiger partial charge is 0.203 e. The van der Waals surface area contributed by atoms with Gasteiger partial charge in [-0.05, 0) is 19.3 Å². The van der Waals surface area contributed by atoms with Crippen molar-refractivity contribution in [2.24, 2.45) is 5.92 Å². The lowest BCUT2D eigenvalue weighted by Gasteiger charge is -2.16. The predicted molar refractivity (Wildman–Crippen MR) is 76.0 cm³/mol. The van der Waals surface area contributed by atoms with Crippen molar-refractivity contribution in [3.63, 3.8) is 0 Å². The first-order valence-corrected chi connectivity index (χ1v) is 6.90. The van der Waals surface area contributed by atoms with Gasteiger partial charge in [-0.25, -0.2) is 4.98 Å². The topological polar surface area (TPSA) is 39.1 Å². The monoisotopic (exact) mass is 253 g/mol. The second-order valence-electron chi connectivity index (χ2n) is 5.28. The van der Waals surface area contributed by atoms with E-state index in [1.165, 1.54) is 19.3 Å². The van der Waals surface area contributed by atoms with Crippen LogP contribution in [-0.4, -0.2) is 29.8 Å². The van der Waals surface area contributed by atoms with Gasteiger partial charge < -0.3 is 14.6 Å². The summed E-state index contributed by atoms with van der Waals surface area (Å²) in [6.45, 7) is 8.37. The Morgan fingerprint density at radius 2 is 2.11 bits per heavy atom. The molecular formula is C14H27N3O. The predicted octanol–water partition coefficient (Wildman–Crippen LogP) is 3.33. The van der Waals surface area contributed by atoms with E-state index in [1.54, 1.807) is 7.11 Å². The van der Waals surface area contributed by atoms with Crippen molar-refractivity contribution in [3.8, 4) is 0 Å². The molecule has 1 aromatic rings. The summed E-state index contributed by atoms with van der Waals surface area (Å²) in [5.74, 6) is 1.75.